The van der Waals surface area contributed by atoms with Crippen LogP contribution in [0, 0.1) is 5.41 Å². The van der Waals surface area contributed by atoms with Gasteiger partial charge in [0.05, 0.1) is 18.5 Å². The maximum absolute atomic E-state index is 12.0. The molecular formula is C16H23N3O2. The second-order valence-corrected chi connectivity index (χ2v) is 6.62. The molecule has 3 aliphatic rings. The molecule has 0 aromatic carbocycles. The highest BCUT2D eigenvalue weighted by atomic mass is 16.5. The maximum Gasteiger partial charge on any atom is 0.222 e. The fourth-order valence-electron chi connectivity index (χ4n) is 3.63. The molecule has 3 fully saturated rings. The zero-order chi connectivity index (χ0) is 15.0. The van der Waals surface area contributed by atoms with Crippen LogP contribution in [0.4, 0.5) is 5.69 Å². The van der Waals surface area contributed by atoms with Gasteiger partial charge < -0.3 is 15.0 Å². The number of hydrogen-bond acceptors (Lipinski definition) is 4. The molecule has 1 amide bonds. The molecule has 1 aromatic heterocycles. The van der Waals surface area contributed by atoms with Crippen LogP contribution >= 0.6 is 0 Å². The van der Waals surface area contributed by atoms with Crippen LogP contribution in [0.3, 0.4) is 0 Å². The largest absolute Gasteiger partial charge is 0.478 e. The molecule has 5 nitrogen and oxygen atoms in total. The van der Waals surface area contributed by atoms with Crippen molar-refractivity contribution in [3.63, 3.8) is 0 Å². The van der Waals surface area contributed by atoms with E-state index < -0.39 is 0 Å². The van der Waals surface area contributed by atoms with Crippen molar-refractivity contribution in [2.24, 2.45) is 5.41 Å². The van der Waals surface area contributed by atoms with Crippen LogP contribution in [0.5, 0.6) is 5.88 Å². The summed E-state index contributed by atoms with van der Waals surface area (Å²) in [6.45, 7) is 7.92. The highest BCUT2D eigenvalue weighted by Gasteiger charge is 2.45. The van der Waals surface area contributed by atoms with Crippen molar-refractivity contribution in [2.75, 3.05) is 18.1 Å². The monoisotopic (exact) mass is 289 g/mol. The Kier molecular flexibility index (Phi) is 3.51. The lowest BCUT2D eigenvalue weighted by atomic mass is 9.74. The summed E-state index contributed by atoms with van der Waals surface area (Å²) < 4.78 is 5.40. The first-order valence-electron chi connectivity index (χ1n) is 7.64. The number of hydrogen-bond donors (Lipinski definition) is 1. The van der Waals surface area contributed by atoms with Crippen molar-refractivity contribution >= 4 is 11.6 Å². The quantitative estimate of drug-likeness (QED) is 0.924. The molecule has 3 aliphatic heterocycles. The average molecular weight is 289 g/mol. The lowest BCUT2D eigenvalue weighted by Gasteiger charge is -2.47. The lowest BCUT2D eigenvalue weighted by Crippen LogP contribution is -2.54. The number of pyridine rings is 1. The van der Waals surface area contributed by atoms with Gasteiger partial charge in [-0.25, -0.2) is 4.98 Å². The van der Waals surface area contributed by atoms with Gasteiger partial charge in [0, 0.05) is 31.1 Å². The first-order chi connectivity index (χ1) is 9.99. The van der Waals surface area contributed by atoms with E-state index >= 15 is 0 Å². The Morgan fingerprint density at radius 2 is 2.29 bits per heavy atom. The molecule has 5 heteroatoms. The topological polar surface area (TPSA) is 54.5 Å². The molecule has 4 heterocycles. The van der Waals surface area contributed by atoms with Gasteiger partial charge >= 0.3 is 0 Å². The summed E-state index contributed by atoms with van der Waals surface area (Å²) in [5, 5.41) is 3.13. The molecule has 0 aliphatic carbocycles. The molecule has 4 rings (SSSR count). The smallest absolute Gasteiger partial charge is 0.222 e. The summed E-state index contributed by atoms with van der Waals surface area (Å²) in [5.74, 6) is 0.812. The zero-order valence-corrected chi connectivity index (χ0v) is 12.9. The van der Waals surface area contributed by atoms with Gasteiger partial charge in [-0.1, -0.05) is 13.8 Å². The normalized spacial score (nSPS) is 27.2. The number of carbonyl (C=O) groups excluding carboxylic acids is 1. The summed E-state index contributed by atoms with van der Waals surface area (Å²) in [4.78, 5) is 18.7. The van der Waals surface area contributed by atoms with Gasteiger partial charge in [-0.3, -0.25) is 4.79 Å². The Hall–Kier alpha value is -1.78. The molecule has 2 bridgehead atoms. The van der Waals surface area contributed by atoms with E-state index in [2.05, 4.69) is 29.0 Å². The van der Waals surface area contributed by atoms with E-state index in [4.69, 9.17) is 4.74 Å². The third kappa shape index (κ3) is 2.69. The van der Waals surface area contributed by atoms with Gasteiger partial charge in [0.15, 0.2) is 0 Å². The zero-order valence-electron chi connectivity index (χ0n) is 12.9. The molecule has 2 atom stereocenters. The van der Waals surface area contributed by atoms with E-state index in [1.54, 1.807) is 0 Å². The van der Waals surface area contributed by atoms with Gasteiger partial charge in [0.1, 0.15) is 0 Å². The summed E-state index contributed by atoms with van der Waals surface area (Å²) in [6, 6.07) is 4.38. The van der Waals surface area contributed by atoms with Gasteiger partial charge in [0.25, 0.3) is 0 Å². The van der Waals surface area contributed by atoms with Crippen LogP contribution in [0.15, 0.2) is 18.3 Å². The van der Waals surface area contributed by atoms with Gasteiger partial charge in [-0.15, -0.1) is 0 Å². The van der Waals surface area contributed by atoms with Crippen molar-refractivity contribution < 1.29 is 9.53 Å². The Balaban J connectivity index is 1.89. The van der Waals surface area contributed by atoms with Gasteiger partial charge in [-0.2, -0.15) is 0 Å². The van der Waals surface area contributed by atoms with E-state index in [0.717, 1.165) is 18.7 Å². The minimum atomic E-state index is 0.112. The highest BCUT2D eigenvalue weighted by molar-refractivity contribution is 5.79. The van der Waals surface area contributed by atoms with Crippen molar-refractivity contribution in [1.82, 2.24) is 10.3 Å². The number of carbonyl (C=O) groups is 1. The van der Waals surface area contributed by atoms with Crippen LogP contribution < -0.4 is 15.0 Å². The number of fused-ring (bicyclic) bond motifs is 4. The summed E-state index contributed by atoms with van der Waals surface area (Å²) in [7, 11) is 0. The third-order valence-electron chi connectivity index (χ3n) is 4.56. The Bertz CT molecular complexity index is 527. The molecule has 1 unspecified atom stereocenters. The Morgan fingerprint density at radius 1 is 1.48 bits per heavy atom. The van der Waals surface area contributed by atoms with Crippen molar-refractivity contribution in [3.8, 4) is 5.88 Å². The highest BCUT2D eigenvalue weighted by Crippen LogP contribution is 2.41. The molecule has 0 radical (unpaired) electrons. The number of nitrogens with zero attached hydrogens (tertiary/aromatic N) is 2. The number of nitrogens with one attached hydrogen (secondary N) is 1. The van der Waals surface area contributed by atoms with E-state index in [1.807, 2.05) is 25.3 Å². The van der Waals surface area contributed by atoms with E-state index in [0.29, 0.717) is 18.9 Å². The summed E-state index contributed by atoms with van der Waals surface area (Å²) in [6.07, 6.45) is 3.44. The number of amides is 1. The number of aromatic nitrogens is 1. The van der Waals surface area contributed by atoms with Gasteiger partial charge in [0.2, 0.25) is 11.8 Å². The van der Waals surface area contributed by atoms with Crippen LogP contribution in [0.25, 0.3) is 0 Å². The first-order valence-corrected chi connectivity index (χ1v) is 7.64. The van der Waals surface area contributed by atoms with E-state index in [1.165, 1.54) is 0 Å². The predicted octanol–water partition coefficient (Wildman–Crippen LogP) is 1.97. The molecule has 1 aromatic rings. The fraction of sp³-hybridized carbons (Fsp3) is 0.625. The molecule has 3 saturated heterocycles. The summed E-state index contributed by atoms with van der Waals surface area (Å²) in [5.41, 5.74) is 1.18. The lowest BCUT2D eigenvalue weighted by molar-refractivity contribution is -0.121. The van der Waals surface area contributed by atoms with Crippen molar-refractivity contribution in [3.05, 3.63) is 18.3 Å². The van der Waals surface area contributed by atoms with E-state index in [-0.39, 0.29) is 23.4 Å². The number of anilines is 1. The van der Waals surface area contributed by atoms with Crippen molar-refractivity contribution in [1.29, 1.82) is 0 Å². The number of rotatable bonds is 3. The summed E-state index contributed by atoms with van der Waals surface area (Å²) >= 11 is 0. The Morgan fingerprint density at radius 3 is 2.95 bits per heavy atom. The molecule has 1 N–H and O–H groups in total. The van der Waals surface area contributed by atoms with Crippen molar-refractivity contribution in [2.45, 2.75) is 45.7 Å². The van der Waals surface area contributed by atoms with Crippen LogP contribution in [0.2, 0.25) is 0 Å². The SMILES string of the molecule is CCOc1ccc(N2C[C@@H]3CC(C)(C)C2CC(=O)N3)cn1. The first kappa shape index (κ1) is 14.2. The van der Waals surface area contributed by atoms with Gasteiger partial charge in [-0.05, 0) is 24.8 Å². The van der Waals surface area contributed by atoms with Crippen LogP contribution in [0.1, 0.15) is 33.6 Å². The second-order valence-electron chi connectivity index (χ2n) is 6.62. The fourth-order valence-corrected chi connectivity index (χ4v) is 3.63. The molecule has 0 spiro atoms. The minimum absolute atomic E-state index is 0.112. The average Bonchev–Trinajstić information content (AvgIpc) is 2.64. The molecule has 114 valence electrons. The standard InChI is InChI=1S/C16H23N3O2/c1-4-21-15-6-5-12(9-17-15)19-10-11-8-16(2,3)13(19)7-14(20)18-11/h5-6,9,11,13H,4,7-8,10H2,1-3H3,(H,18,20)/t11-,13?/m0/s1. The van der Waals surface area contributed by atoms with E-state index in [9.17, 15) is 4.79 Å². The minimum Gasteiger partial charge on any atom is -0.478 e. The van der Waals surface area contributed by atoms with Crippen LogP contribution in [-0.4, -0.2) is 36.1 Å². The number of piperidine rings is 1. The predicted molar refractivity (Wildman–Crippen MR) is 81.5 cm³/mol. The third-order valence-corrected chi connectivity index (χ3v) is 4.56. The van der Waals surface area contributed by atoms with Crippen LogP contribution in [-0.2, 0) is 4.79 Å². The number of ether oxygens (including phenoxy) is 1. The Labute approximate surface area is 125 Å². The molecular weight excluding hydrogens is 266 g/mol. The molecule has 21 heavy (non-hydrogen) atoms. The second kappa shape index (κ2) is 5.20. The molecule has 0 saturated carbocycles. The maximum atomic E-state index is 12.0.